The lowest BCUT2D eigenvalue weighted by atomic mass is 9.70. The first-order valence-corrected chi connectivity index (χ1v) is 14.3. The van der Waals surface area contributed by atoms with Gasteiger partial charge in [-0.25, -0.2) is 0 Å². The van der Waals surface area contributed by atoms with Gasteiger partial charge in [0.05, 0.1) is 11.7 Å². The molecule has 2 aliphatic carbocycles. The van der Waals surface area contributed by atoms with E-state index in [-0.39, 0.29) is 12.3 Å². The number of ether oxygens (including phenoxy) is 1. The molecule has 2 fully saturated rings. The van der Waals surface area contributed by atoms with Crippen LogP contribution in [0.5, 0.6) is 0 Å². The standard InChI is InChI=1S/C31H44F3NO2/c1-24(26-12-4-2-5-13-26)10-8-11-25-16-20-35(21-17-25)23-29(30(36)18-6-3-7-19-30)27-14-9-15-28(22-27)37-31(32,33)34/h2,4-5,9,12-15,24-25,28-29,36H,3,6-8,10-11,16-23H2,1H3/t24?,28?,29-/m1/s1. The van der Waals surface area contributed by atoms with Crippen LogP contribution in [-0.2, 0) is 4.74 Å². The maximum absolute atomic E-state index is 12.9. The Bertz CT molecular complexity index is 883. The van der Waals surface area contributed by atoms with Crippen molar-refractivity contribution in [1.82, 2.24) is 4.90 Å². The number of likely N-dealkylation sites (tertiary alicyclic amines) is 1. The molecule has 1 N–H and O–H groups in total. The van der Waals surface area contributed by atoms with Gasteiger partial charge in [-0.1, -0.05) is 93.2 Å². The molecule has 3 aliphatic rings. The third kappa shape index (κ3) is 8.43. The lowest BCUT2D eigenvalue weighted by Crippen LogP contribution is -2.49. The van der Waals surface area contributed by atoms with Gasteiger partial charge in [0.15, 0.2) is 0 Å². The largest absolute Gasteiger partial charge is 0.523 e. The zero-order valence-corrected chi connectivity index (χ0v) is 22.3. The normalized spacial score (nSPS) is 25.0. The minimum Gasteiger partial charge on any atom is -0.389 e. The van der Waals surface area contributed by atoms with Crippen LogP contribution in [0.4, 0.5) is 13.2 Å². The molecule has 1 saturated carbocycles. The highest BCUT2D eigenvalue weighted by atomic mass is 19.4. The lowest BCUT2D eigenvalue weighted by Gasteiger charge is -2.44. The van der Waals surface area contributed by atoms with Crippen LogP contribution < -0.4 is 0 Å². The lowest BCUT2D eigenvalue weighted by molar-refractivity contribution is -0.336. The highest BCUT2D eigenvalue weighted by Gasteiger charge is 2.42. The van der Waals surface area contributed by atoms with Gasteiger partial charge in [0.25, 0.3) is 0 Å². The average molecular weight is 520 g/mol. The second-order valence-electron chi connectivity index (χ2n) is 11.6. The fourth-order valence-electron chi connectivity index (χ4n) is 6.70. The van der Waals surface area contributed by atoms with Gasteiger partial charge in [-0.2, -0.15) is 0 Å². The summed E-state index contributed by atoms with van der Waals surface area (Å²) >= 11 is 0. The van der Waals surface area contributed by atoms with E-state index in [1.807, 2.05) is 6.08 Å². The van der Waals surface area contributed by atoms with Gasteiger partial charge < -0.3 is 10.0 Å². The molecule has 3 nitrogen and oxygen atoms in total. The van der Waals surface area contributed by atoms with E-state index in [0.717, 1.165) is 69.5 Å². The van der Waals surface area contributed by atoms with Crippen LogP contribution in [0.3, 0.4) is 0 Å². The van der Waals surface area contributed by atoms with Crippen molar-refractivity contribution in [3.8, 4) is 0 Å². The smallest absolute Gasteiger partial charge is 0.389 e. The van der Waals surface area contributed by atoms with Gasteiger partial charge in [0, 0.05) is 12.5 Å². The SMILES string of the molecule is CC(CCCC1CCN(C[C@H](C2=CC=CC(OC(F)(F)F)C2)C2(O)CCCCC2)CC1)c1ccccc1. The number of hydrogen-bond donors (Lipinski definition) is 1. The van der Waals surface area contributed by atoms with Crippen molar-refractivity contribution >= 4 is 0 Å². The zero-order chi connectivity index (χ0) is 26.3. The fraction of sp³-hybridized carbons (Fsp3) is 0.677. The highest BCUT2D eigenvalue weighted by molar-refractivity contribution is 5.26. The summed E-state index contributed by atoms with van der Waals surface area (Å²) in [5, 5.41) is 11.7. The number of halogens is 3. The van der Waals surface area contributed by atoms with E-state index in [0.29, 0.717) is 12.5 Å². The Morgan fingerprint density at radius 1 is 1.08 bits per heavy atom. The number of nitrogens with zero attached hydrogens (tertiary/aromatic N) is 1. The van der Waals surface area contributed by atoms with Crippen molar-refractivity contribution in [1.29, 1.82) is 0 Å². The molecular weight excluding hydrogens is 475 g/mol. The summed E-state index contributed by atoms with van der Waals surface area (Å²) in [7, 11) is 0. The van der Waals surface area contributed by atoms with Crippen LogP contribution in [0.1, 0.15) is 89.0 Å². The van der Waals surface area contributed by atoms with E-state index < -0.39 is 18.1 Å². The second kappa shape index (κ2) is 12.9. The van der Waals surface area contributed by atoms with Crippen LogP contribution in [0, 0.1) is 11.8 Å². The quantitative estimate of drug-likeness (QED) is 0.343. The minimum absolute atomic E-state index is 0.152. The van der Waals surface area contributed by atoms with Gasteiger partial charge in [0.1, 0.15) is 0 Å². The average Bonchev–Trinajstić information content (AvgIpc) is 2.88. The molecule has 37 heavy (non-hydrogen) atoms. The molecule has 1 aliphatic heterocycles. The zero-order valence-electron chi connectivity index (χ0n) is 22.3. The predicted molar refractivity (Wildman–Crippen MR) is 142 cm³/mol. The van der Waals surface area contributed by atoms with Crippen molar-refractivity contribution in [3.63, 3.8) is 0 Å². The molecule has 0 aromatic heterocycles. The Morgan fingerprint density at radius 2 is 1.78 bits per heavy atom. The molecule has 6 heteroatoms. The maximum atomic E-state index is 12.9. The van der Waals surface area contributed by atoms with E-state index in [1.54, 1.807) is 6.08 Å². The Kier molecular flexibility index (Phi) is 9.93. The molecule has 0 radical (unpaired) electrons. The summed E-state index contributed by atoms with van der Waals surface area (Å²) in [6.45, 7) is 5.02. The summed E-state index contributed by atoms with van der Waals surface area (Å²) in [4.78, 5) is 2.44. The van der Waals surface area contributed by atoms with Crippen LogP contribution in [-0.4, -0.2) is 47.7 Å². The topological polar surface area (TPSA) is 32.7 Å². The summed E-state index contributed by atoms with van der Waals surface area (Å²) < 4.78 is 43.0. The molecule has 0 spiro atoms. The number of alkyl halides is 3. The van der Waals surface area contributed by atoms with Gasteiger partial charge >= 0.3 is 6.36 Å². The maximum Gasteiger partial charge on any atom is 0.523 e. The summed E-state index contributed by atoms with van der Waals surface area (Å²) in [5.41, 5.74) is 1.47. The molecule has 1 saturated heterocycles. The Labute approximate surface area is 220 Å². The third-order valence-corrected chi connectivity index (χ3v) is 8.94. The Hall–Kier alpha value is -1.63. The van der Waals surface area contributed by atoms with E-state index in [2.05, 4.69) is 46.9 Å². The number of aliphatic hydroxyl groups is 1. The second-order valence-corrected chi connectivity index (χ2v) is 11.6. The van der Waals surface area contributed by atoms with E-state index >= 15 is 0 Å². The van der Waals surface area contributed by atoms with E-state index in [9.17, 15) is 18.3 Å². The van der Waals surface area contributed by atoms with Crippen molar-refractivity contribution in [2.45, 2.75) is 102 Å². The first kappa shape index (κ1) is 28.4. The Morgan fingerprint density at radius 3 is 2.46 bits per heavy atom. The molecule has 4 rings (SSSR count). The minimum atomic E-state index is -4.66. The summed E-state index contributed by atoms with van der Waals surface area (Å²) in [5.74, 6) is 1.17. The number of benzene rings is 1. The molecule has 1 aromatic rings. The first-order chi connectivity index (χ1) is 17.7. The van der Waals surface area contributed by atoms with Crippen molar-refractivity contribution < 1.29 is 23.0 Å². The first-order valence-electron chi connectivity index (χ1n) is 14.3. The fourth-order valence-corrected chi connectivity index (χ4v) is 6.70. The Balaban J connectivity index is 1.30. The third-order valence-electron chi connectivity index (χ3n) is 8.94. The number of piperidine rings is 1. The van der Waals surface area contributed by atoms with Crippen molar-refractivity contribution in [2.24, 2.45) is 11.8 Å². The van der Waals surface area contributed by atoms with Crippen molar-refractivity contribution in [3.05, 3.63) is 59.7 Å². The number of rotatable bonds is 10. The molecule has 3 atom stereocenters. The summed E-state index contributed by atoms with van der Waals surface area (Å²) in [6.07, 6.45) is 10.1. The predicted octanol–water partition coefficient (Wildman–Crippen LogP) is 7.78. The van der Waals surface area contributed by atoms with Crippen LogP contribution in [0.15, 0.2) is 54.1 Å². The van der Waals surface area contributed by atoms with Crippen molar-refractivity contribution in [2.75, 3.05) is 19.6 Å². The molecule has 2 unspecified atom stereocenters. The van der Waals surface area contributed by atoms with Gasteiger partial charge in [-0.3, -0.25) is 4.74 Å². The van der Waals surface area contributed by atoms with Crippen LogP contribution >= 0.6 is 0 Å². The molecule has 0 bridgehead atoms. The summed E-state index contributed by atoms with van der Waals surface area (Å²) in [6, 6.07) is 10.7. The van der Waals surface area contributed by atoms with Gasteiger partial charge in [-0.15, -0.1) is 13.2 Å². The van der Waals surface area contributed by atoms with Crippen LogP contribution in [0.2, 0.25) is 0 Å². The molecular formula is C31H44F3NO2. The molecule has 206 valence electrons. The molecule has 0 amide bonds. The molecule has 1 aromatic carbocycles. The molecule has 1 heterocycles. The monoisotopic (exact) mass is 519 g/mol. The number of hydrogen-bond acceptors (Lipinski definition) is 3. The van der Waals surface area contributed by atoms with E-state index in [4.69, 9.17) is 0 Å². The van der Waals surface area contributed by atoms with Gasteiger partial charge in [-0.05, 0) is 69.0 Å². The van der Waals surface area contributed by atoms with Gasteiger partial charge in [0.2, 0.25) is 0 Å². The van der Waals surface area contributed by atoms with Crippen LogP contribution in [0.25, 0.3) is 0 Å². The van der Waals surface area contributed by atoms with E-state index in [1.165, 1.54) is 30.9 Å². The highest BCUT2D eigenvalue weighted by Crippen LogP contribution is 2.42. The number of allylic oxidation sites excluding steroid dienone is 2.